The van der Waals surface area contributed by atoms with Crippen molar-refractivity contribution in [2.24, 2.45) is 5.41 Å². The van der Waals surface area contributed by atoms with Gasteiger partial charge in [-0.05, 0) is 25.7 Å². The van der Waals surface area contributed by atoms with Crippen LogP contribution in [0, 0.1) is 5.41 Å². The molecule has 0 N–H and O–H groups in total. The van der Waals surface area contributed by atoms with Crippen LogP contribution in [0.5, 0.6) is 0 Å². The van der Waals surface area contributed by atoms with E-state index in [1.807, 2.05) is 0 Å². The molecule has 0 aromatic heterocycles. The van der Waals surface area contributed by atoms with Crippen molar-refractivity contribution < 1.29 is 0 Å². The zero-order valence-electron chi connectivity index (χ0n) is 6.24. The highest BCUT2D eigenvalue weighted by Gasteiger charge is 2.46. The van der Waals surface area contributed by atoms with E-state index in [-0.39, 0.29) is 0 Å². The lowest BCUT2D eigenvalue weighted by Crippen LogP contribution is -1.91. The first-order valence-electron chi connectivity index (χ1n) is 3.35. The second-order valence-electron chi connectivity index (χ2n) is 3.40. The van der Waals surface area contributed by atoms with Gasteiger partial charge in [-0.1, -0.05) is 34.5 Å². The molecule has 0 spiro atoms. The first-order chi connectivity index (χ1) is 4.04. The molecule has 1 aliphatic carbocycles. The summed E-state index contributed by atoms with van der Waals surface area (Å²) in [7, 11) is 0. The van der Waals surface area contributed by atoms with Gasteiger partial charge in [0.05, 0.1) is 0 Å². The molecule has 1 saturated carbocycles. The average molecular weight is 189 g/mol. The standard InChI is InChI=1S/C8H13Br/c1-6(2)4-8(3)5-7(8)9/h4,7H,5H2,1-3H3. The van der Waals surface area contributed by atoms with Crippen LogP contribution in [-0.4, -0.2) is 4.83 Å². The van der Waals surface area contributed by atoms with Gasteiger partial charge in [0, 0.05) is 4.83 Å². The van der Waals surface area contributed by atoms with Crippen LogP contribution in [0.25, 0.3) is 0 Å². The number of allylic oxidation sites excluding steroid dienone is 2. The Balaban J connectivity index is 2.56. The van der Waals surface area contributed by atoms with Gasteiger partial charge in [0.1, 0.15) is 0 Å². The number of hydrogen-bond acceptors (Lipinski definition) is 0. The van der Waals surface area contributed by atoms with Crippen LogP contribution in [0.3, 0.4) is 0 Å². The molecule has 52 valence electrons. The maximum atomic E-state index is 3.59. The van der Waals surface area contributed by atoms with Crippen LogP contribution in [0.15, 0.2) is 11.6 Å². The molecule has 0 nitrogen and oxygen atoms in total. The lowest BCUT2D eigenvalue weighted by molar-refractivity contribution is 0.746. The minimum absolute atomic E-state index is 0.485. The third-order valence-corrected chi connectivity index (χ3v) is 3.16. The minimum atomic E-state index is 0.485. The summed E-state index contributed by atoms with van der Waals surface area (Å²) in [6, 6.07) is 0. The summed E-state index contributed by atoms with van der Waals surface area (Å²) in [5, 5.41) is 0. The monoisotopic (exact) mass is 188 g/mol. The molecular formula is C8H13Br. The first kappa shape index (κ1) is 7.33. The van der Waals surface area contributed by atoms with Gasteiger partial charge < -0.3 is 0 Å². The predicted octanol–water partition coefficient (Wildman–Crippen LogP) is 3.13. The molecule has 9 heavy (non-hydrogen) atoms. The molecule has 1 rings (SSSR count). The van der Waals surface area contributed by atoms with Gasteiger partial charge in [0.15, 0.2) is 0 Å². The van der Waals surface area contributed by atoms with Gasteiger partial charge in [-0.2, -0.15) is 0 Å². The van der Waals surface area contributed by atoms with Crippen LogP contribution in [0.1, 0.15) is 27.2 Å². The van der Waals surface area contributed by atoms with E-state index in [1.165, 1.54) is 12.0 Å². The molecule has 2 unspecified atom stereocenters. The molecule has 0 saturated heterocycles. The van der Waals surface area contributed by atoms with E-state index in [1.54, 1.807) is 0 Å². The smallest absolute Gasteiger partial charge is 0.0243 e. The Morgan fingerprint density at radius 1 is 1.67 bits per heavy atom. The van der Waals surface area contributed by atoms with Crippen molar-refractivity contribution in [2.45, 2.75) is 32.0 Å². The maximum Gasteiger partial charge on any atom is 0.0243 e. The molecule has 0 heterocycles. The SMILES string of the molecule is CC(C)=CC1(C)CC1Br. The number of alkyl halides is 1. The Labute approximate surface area is 65.5 Å². The second-order valence-corrected chi connectivity index (χ2v) is 4.50. The van der Waals surface area contributed by atoms with Crippen molar-refractivity contribution in [2.75, 3.05) is 0 Å². The molecular weight excluding hydrogens is 176 g/mol. The van der Waals surface area contributed by atoms with Crippen LogP contribution in [0.4, 0.5) is 0 Å². The highest BCUT2D eigenvalue weighted by atomic mass is 79.9. The fourth-order valence-corrected chi connectivity index (χ4v) is 1.97. The molecule has 0 amide bonds. The summed E-state index contributed by atoms with van der Waals surface area (Å²) in [5.41, 5.74) is 1.92. The van der Waals surface area contributed by atoms with Crippen molar-refractivity contribution in [1.29, 1.82) is 0 Å². The van der Waals surface area contributed by atoms with E-state index in [2.05, 4.69) is 42.8 Å². The highest BCUT2D eigenvalue weighted by Crippen LogP contribution is 2.52. The molecule has 0 bridgehead atoms. The quantitative estimate of drug-likeness (QED) is 0.439. The number of hydrogen-bond donors (Lipinski definition) is 0. The van der Waals surface area contributed by atoms with Crippen molar-refractivity contribution in [3.8, 4) is 0 Å². The van der Waals surface area contributed by atoms with E-state index in [0.29, 0.717) is 5.41 Å². The maximum absolute atomic E-state index is 3.59. The third kappa shape index (κ3) is 1.57. The fourth-order valence-electron chi connectivity index (χ4n) is 1.14. The highest BCUT2D eigenvalue weighted by molar-refractivity contribution is 9.09. The molecule has 1 heteroatoms. The normalized spacial score (nSPS) is 40.2. The van der Waals surface area contributed by atoms with Crippen LogP contribution in [0.2, 0.25) is 0 Å². The summed E-state index contributed by atoms with van der Waals surface area (Å²) in [6.07, 6.45) is 3.66. The third-order valence-electron chi connectivity index (χ3n) is 1.79. The topological polar surface area (TPSA) is 0 Å². The Morgan fingerprint density at radius 2 is 2.11 bits per heavy atom. The Kier molecular flexibility index (Phi) is 1.73. The largest absolute Gasteiger partial charge is 0.0881 e. The van der Waals surface area contributed by atoms with E-state index >= 15 is 0 Å². The zero-order chi connectivity index (χ0) is 7.07. The lowest BCUT2D eigenvalue weighted by Gasteiger charge is -2.00. The molecule has 0 aromatic rings. The minimum Gasteiger partial charge on any atom is -0.0881 e. The van der Waals surface area contributed by atoms with Crippen molar-refractivity contribution in [3.63, 3.8) is 0 Å². The summed E-state index contributed by atoms with van der Waals surface area (Å²) in [6.45, 7) is 6.60. The molecule has 0 aromatic carbocycles. The van der Waals surface area contributed by atoms with Crippen LogP contribution < -0.4 is 0 Å². The molecule has 0 aliphatic heterocycles. The van der Waals surface area contributed by atoms with Gasteiger partial charge in [-0.25, -0.2) is 0 Å². The number of halogens is 1. The summed E-state index contributed by atoms with van der Waals surface area (Å²) in [4.78, 5) is 0.736. The van der Waals surface area contributed by atoms with Gasteiger partial charge in [0.2, 0.25) is 0 Å². The second kappa shape index (κ2) is 2.12. The van der Waals surface area contributed by atoms with Crippen molar-refractivity contribution in [3.05, 3.63) is 11.6 Å². The first-order valence-corrected chi connectivity index (χ1v) is 4.26. The predicted molar refractivity (Wildman–Crippen MR) is 44.9 cm³/mol. The van der Waals surface area contributed by atoms with E-state index in [9.17, 15) is 0 Å². The van der Waals surface area contributed by atoms with E-state index in [0.717, 1.165) is 4.83 Å². The Hall–Kier alpha value is 0.220. The Morgan fingerprint density at radius 3 is 2.22 bits per heavy atom. The Bertz CT molecular complexity index is 145. The van der Waals surface area contributed by atoms with E-state index in [4.69, 9.17) is 0 Å². The van der Waals surface area contributed by atoms with Gasteiger partial charge in [-0.15, -0.1) is 0 Å². The number of rotatable bonds is 1. The lowest BCUT2D eigenvalue weighted by atomic mass is 10.1. The molecule has 0 radical (unpaired) electrons. The molecule has 1 aliphatic rings. The van der Waals surface area contributed by atoms with Gasteiger partial charge >= 0.3 is 0 Å². The van der Waals surface area contributed by atoms with Crippen molar-refractivity contribution >= 4 is 15.9 Å². The van der Waals surface area contributed by atoms with Crippen LogP contribution in [-0.2, 0) is 0 Å². The zero-order valence-corrected chi connectivity index (χ0v) is 7.83. The van der Waals surface area contributed by atoms with Gasteiger partial charge in [-0.3, -0.25) is 0 Å². The van der Waals surface area contributed by atoms with Gasteiger partial charge in [0.25, 0.3) is 0 Å². The van der Waals surface area contributed by atoms with Crippen molar-refractivity contribution in [1.82, 2.24) is 0 Å². The van der Waals surface area contributed by atoms with E-state index < -0.39 is 0 Å². The summed E-state index contributed by atoms with van der Waals surface area (Å²) < 4.78 is 0. The summed E-state index contributed by atoms with van der Waals surface area (Å²) in [5.74, 6) is 0. The fraction of sp³-hybridized carbons (Fsp3) is 0.750. The molecule has 2 atom stereocenters. The van der Waals surface area contributed by atoms with Crippen LogP contribution >= 0.6 is 15.9 Å². The average Bonchev–Trinajstić information content (AvgIpc) is 2.10. The molecule has 1 fully saturated rings. The summed E-state index contributed by atoms with van der Waals surface area (Å²) >= 11 is 3.59.